The highest BCUT2D eigenvalue weighted by atomic mass is 19.4. The quantitative estimate of drug-likeness (QED) is 0.415. The van der Waals surface area contributed by atoms with Crippen molar-refractivity contribution in [1.82, 2.24) is 15.1 Å². The summed E-state index contributed by atoms with van der Waals surface area (Å²) in [6, 6.07) is 20.4. The highest BCUT2D eigenvalue weighted by Gasteiger charge is 2.30. The van der Waals surface area contributed by atoms with Gasteiger partial charge in [-0.1, -0.05) is 24.3 Å². The molecule has 34 heavy (non-hydrogen) atoms. The molecular weight excluding hydrogens is 445 g/mol. The number of rotatable bonds is 6. The lowest BCUT2D eigenvalue weighted by molar-refractivity contribution is -0.137. The second-order valence-corrected chi connectivity index (χ2v) is 7.52. The van der Waals surface area contributed by atoms with Crippen LogP contribution in [0.4, 0.5) is 19.0 Å². The average Bonchev–Trinajstić information content (AvgIpc) is 3.24. The Hall–Kier alpha value is -4.27. The van der Waals surface area contributed by atoms with Gasteiger partial charge in [-0.2, -0.15) is 18.3 Å². The number of carbonyl (C=O) groups excluding carboxylic acids is 1. The first-order chi connectivity index (χ1) is 16.2. The lowest BCUT2D eigenvalue weighted by Crippen LogP contribution is -2.22. The number of nitrogens with one attached hydrogen (secondary N) is 1. The summed E-state index contributed by atoms with van der Waals surface area (Å²) in [4.78, 5) is 12.5. The van der Waals surface area contributed by atoms with Gasteiger partial charge in [0.25, 0.3) is 5.91 Å². The second kappa shape index (κ2) is 9.30. The smallest absolute Gasteiger partial charge is 0.416 e. The number of amides is 1. The van der Waals surface area contributed by atoms with Crippen LogP contribution in [0.5, 0.6) is 5.75 Å². The normalized spacial score (nSPS) is 11.3. The van der Waals surface area contributed by atoms with E-state index in [2.05, 4.69) is 10.4 Å². The zero-order valence-corrected chi connectivity index (χ0v) is 18.1. The molecule has 0 aliphatic rings. The van der Waals surface area contributed by atoms with Gasteiger partial charge < -0.3 is 15.8 Å². The number of nitrogens with zero attached hydrogens (tertiary/aromatic N) is 2. The number of hydrogen-bond donors (Lipinski definition) is 2. The summed E-state index contributed by atoms with van der Waals surface area (Å²) < 4.78 is 45.6. The number of nitrogens with two attached hydrogens (primary N) is 1. The molecule has 0 aliphatic carbocycles. The zero-order valence-electron chi connectivity index (χ0n) is 18.1. The van der Waals surface area contributed by atoms with Gasteiger partial charge in [0.1, 0.15) is 11.6 Å². The van der Waals surface area contributed by atoms with Gasteiger partial charge >= 0.3 is 6.18 Å². The standard InChI is InChI=1S/C25H21F3N4O2/c1-34-21-11-5-16(6-12-21)15-30-24(33)17-7-9-20(10-8-17)32-23(29)14-22(31-32)18-3-2-4-19(13-18)25(26,27)28/h2-14H,15,29H2,1H3,(H,30,33). The lowest BCUT2D eigenvalue weighted by atomic mass is 10.1. The number of aromatic nitrogens is 2. The molecule has 3 N–H and O–H groups in total. The number of alkyl halides is 3. The molecule has 4 aromatic rings. The minimum absolute atomic E-state index is 0.250. The van der Waals surface area contributed by atoms with Gasteiger partial charge in [-0.05, 0) is 54.1 Å². The molecule has 4 rings (SSSR count). The van der Waals surface area contributed by atoms with Crippen molar-refractivity contribution in [3.05, 3.63) is 95.6 Å². The molecule has 0 radical (unpaired) electrons. The predicted molar refractivity (Wildman–Crippen MR) is 123 cm³/mol. The van der Waals surface area contributed by atoms with E-state index >= 15 is 0 Å². The molecule has 0 aliphatic heterocycles. The Balaban J connectivity index is 1.47. The Bertz CT molecular complexity index is 1300. The van der Waals surface area contributed by atoms with Crippen molar-refractivity contribution in [2.45, 2.75) is 12.7 Å². The minimum Gasteiger partial charge on any atom is -0.497 e. The number of halogens is 3. The third kappa shape index (κ3) is 5.03. The zero-order chi connectivity index (χ0) is 24.3. The molecule has 3 aromatic carbocycles. The van der Waals surface area contributed by atoms with Crippen LogP contribution in [0.2, 0.25) is 0 Å². The molecular formula is C25H21F3N4O2. The van der Waals surface area contributed by atoms with E-state index in [1.54, 1.807) is 31.4 Å². The Kier molecular flexibility index (Phi) is 6.27. The summed E-state index contributed by atoms with van der Waals surface area (Å²) >= 11 is 0. The van der Waals surface area contributed by atoms with Gasteiger partial charge in [0, 0.05) is 23.7 Å². The van der Waals surface area contributed by atoms with E-state index in [-0.39, 0.29) is 11.7 Å². The first kappa shape index (κ1) is 22.9. The third-order valence-electron chi connectivity index (χ3n) is 5.21. The fourth-order valence-corrected chi connectivity index (χ4v) is 3.38. The maximum atomic E-state index is 13.0. The molecule has 0 spiro atoms. The van der Waals surface area contributed by atoms with Crippen molar-refractivity contribution < 1.29 is 22.7 Å². The van der Waals surface area contributed by atoms with Crippen LogP contribution in [-0.2, 0) is 12.7 Å². The summed E-state index contributed by atoms with van der Waals surface area (Å²) in [5.74, 6) is 0.740. The first-order valence-electron chi connectivity index (χ1n) is 10.3. The van der Waals surface area contributed by atoms with Crippen molar-refractivity contribution in [2.75, 3.05) is 12.8 Å². The number of anilines is 1. The van der Waals surface area contributed by atoms with Crippen LogP contribution in [-0.4, -0.2) is 22.8 Å². The van der Waals surface area contributed by atoms with Gasteiger partial charge in [-0.25, -0.2) is 4.68 Å². The molecule has 0 fully saturated rings. The Morgan fingerprint density at radius 2 is 1.74 bits per heavy atom. The highest BCUT2D eigenvalue weighted by molar-refractivity contribution is 5.94. The molecule has 1 heterocycles. The van der Waals surface area contributed by atoms with Gasteiger partial charge in [0.05, 0.1) is 24.1 Å². The van der Waals surface area contributed by atoms with E-state index < -0.39 is 11.7 Å². The molecule has 0 atom stereocenters. The van der Waals surface area contributed by atoms with E-state index in [0.29, 0.717) is 29.1 Å². The number of methoxy groups -OCH3 is 1. The van der Waals surface area contributed by atoms with Crippen LogP contribution in [0.1, 0.15) is 21.5 Å². The van der Waals surface area contributed by atoms with Crippen LogP contribution in [0.15, 0.2) is 78.9 Å². The molecule has 0 bridgehead atoms. The topological polar surface area (TPSA) is 82.2 Å². The van der Waals surface area contributed by atoms with Crippen LogP contribution in [0.25, 0.3) is 16.9 Å². The molecule has 9 heteroatoms. The monoisotopic (exact) mass is 466 g/mol. The number of carbonyl (C=O) groups is 1. The SMILES string of the molecule is COc1ccc(CNC(=O)c2ccc(-n3nc(-c4cccc(C(F)(F)F)c4)cc3N)cc2)cc1. The fraction of sp³-hybridized carbons (Fsp3) is 0.120. The van der Waals surface area contributed by atoms with Crippen molar-refractivity contribution in [2.24, 2.45) is 0 Å². The molecule has 1 amide bonds. The van der Waals surface area contributed by atoms with E-state index in [0.717, 1.165) is 23.4 Å². The van der Waals surface area contributed by atoms with Gasteiger partial charge in [0.2, 0.25) is 0 Å². The summed E-state index contributed by atoms with van der Waals surface area (Å²) in [5, 5.41) is 7.20. The highest BCUT2D eigenvalue weighted by Crippen LogP contribution is 2.32. The van der Waals surface area contributed by atoms with E-state index in [1.807, 2.05) is 24.3 Å². The number of ether oxygens (including phenoxy) is 1. The summed E-state index contributed by atoms with van der Waals surface area (Å²) in [6.45, 7) is 0.358. The first-order valence-corrected chi connectivity index (χ1v) is 10.3. The number of hydrogen-bond acceptors (Lipinski definition) is 4. The van der Waals surface area contributed by atoms with Crippen LogP contribution in [0.3, 0.4) is 0 Å². The number of benzene rings is 3. The van der Waals surface area contributed by atoms with E-state index in [4.69, 9.17) is 10.5 Å². The Morgan fingerprint density at radius 1 is 1.03 bits per heavy atom. The lowest BCUT2D eigenvalue weighted by Gasteiger charge is -2.08. The van der Waals surface area contributed by atoms with Crippen molar-refractivity contribution >= 4 is 11.7 Å². The largest absolute Gasteiger partial charge is 0.497 e. The number of nitrogen functional groups attached to an aromatic ring is 1. The van der Waals surface area contributed by atoms with Gasteiger partial charge in [-0.3, -0.25) is 4.79 Å². The molecule has 0 unspecified atom stereocenters. The molecule has 0 saturated carbocycles. The predicted octanol–water partition coefficient (Wildman–Crippen LogP) is 5.08. The summed E-state index contributed by atoms with van der Waals surface area (Å²) in [5.41, 5.74) is 7.85. The van der Waals surface area contributed by atoms with E-state index in [9.17, 15) is 18.0 Å². The minimum atomic E-state index is -4.45. The third-order valence-corrected chi connectivity index (χ3v) is 5.21. The van der Waals surface area contributed by atoms with Crippen LogP contribution < -0.4 is 15.8 Å². The Morgan fingerprint density at radius 3 is 2.38 bits per heavy atom. The van der Waals surface area contributed by atoms with Crippen LogP contribution >= 0.6 is 0 Å². The van der Waals surface area contributed by atoms with Crippen molar-refractivity contribution in [3.8, 4) is 22.7 Å². The molecule has 1 aromatic heterocycles. The maximum Gasteiger partial charge on any atom is 0.416 e. The van der Waals surface area contributed by atoms with Crippen molar-refractivity contribution in [3.63, 3.8) is 0 Å². The molecule has 6 nitrogen and oxygen atoms in total. The summed E-state index contributed by atoms with van der Waals surface area (Å²) in [7, 11) is 1.59. The van der Waals surface area contributed by atoms with Crippen molar-refractivity contribution in [1.29, 1.82) is 0 Å². The second-order valence-electron chi connectivity index (χ2n) is 7.52. The molecule has 174 valence electrons. The van der Waals surface area contributed by atoms with Crippen LogP contribution in [0, 0.1) is 0 Å². The van der Waals surface area contributed by atoms with Gasteiger partial charge in [-0.15, -0.1) is 0 Å². The van der Waals surface area contributed by atoms with Gasteiger partial charge in [0.15, 0.2) is 0 Å². The maximum absolute atomic E-state index is 13.0. The molecule has 0 saturated heterocycles. The van der Waals surface area contributed by atoms with E-state index in [1.165, 1.54) is 22.9 Å². The Labute approximate surface area is 193 Å². The summed E-state index contributed by atoms with van der Waals surface area (Å²) in [6.07, 6.45) is -4.45. The fourth-order valence-electron chi connectivity index (χ4n) is 3.38. The average molecular weight is 466 g/mol.